The Balaban J connectivity index is 1.49. The number of benzene rings is 2. The topological polar surface area (TPSA) is 144 Å². The zero-order valence-electron chi connectivity index (χ0n) is 25.6. The second-order valence-electron chi connectivity index (χ2n) is 11.0. The maximum absolute atomic E-state index is 12.8. The molecule has 4 aromatic rings. The number of hydrogen-bond acceptors (Lipinski definition) is 8. The largest absolute Gasteiger partial charge is 0.496 e. The van der Waals surface area contributed by atoms with Crippen LogP contribution in [-0.2, 0) is 4.74 Å². The minimum Gasteiger partial charge on any atom is -0.496 e. The van der Waals surface area contributed by atoms with E-state index in [0.717, 1.165) is 16.8 Å². The van der Waals surface area contributed by atoms with E-state index in [2.05, 4.69) is 31.2 Å². The van der Waals surface area contributed by atoms with Crippen molar-refractivity contribution in [2.24, 2.45) is 0 Å². The molecule has 4 rings (SSSR count). The van der Waals surface area contributed by atoms with Crippen LogP contribution in [0.1, 0.15) is 54.5 Å². The van der Waals surface area contributed by atoms with Crippen LogP contribution in [0.2, 0.25) is 0 Å². The smallest absolute Gasteiger partial charge is 0.407 e. The SMILES string of the molecule is CNC(=O)c1cnc2cc(OC)c(-c3ccc(C(=O)NCCCCNC(=O)OC(C)(C)C)nc3)cc2c1Nc1ccccc1. The number of carbonyl (C=O) groups excluding carboxylic acids is 3. The lowest BCUT2D eigenvalue weighted by atomic mass is 10.0. The second kappa shape index (κ2) is 14.3. The molecule has 44 heavy (non-hydrogen) atoms. The van der Waals surface area contributed by atoms with Gasteiger partial charge in [-0.3, -0.25) is 19.6 Å². The molecule has 0 radical (unpaired) electrons. The van der Waals surface area contributed by atoms with Crippen LogP contribution in [0, 0.1) is 0 Å². The molecule has 0 saturated carbocycles. The molecule has 0 bridgehead atoms. The van der Waals surface area contributed by atoms with E-state index < -0.39 is 11.7 Å². The van der Waals surface area contributed by atoms with Crippen LogP contribution in [-0.4, -0.2) is 60.7 Å². The van der Waals surface area contributed by atoms with Crippen molar-refractivity contribution in [2.45, 2.75) is 39.2 Å². The molecule has 0 spiro atoms. The van der Waals surface area contributed by atoms with Gasteiger partial charge in [0.25, 0.3) is 11.8 Å². The van der Waals surface area contributed by atoms with Gasteiger partial charge in [0.1, 0.15) is 17.0 Å². The van der Waals surface area contributed by atoms with Gasteiger partial charge in [0.05, 0.1) is 23.9 Å². The molecule has 0 aliphatic carbocycles. The Morgan fingerprint density at radius 3 is 2.23 bits per heavy atom. The lowest BCUT2D eigenvalue weighted by Gasteiger charge is -2.19. The Morgan fingerprint density at radius 2 is 1.59 bits per heavy atom. The number of anilines is 2. The predicted octanol–water partition coefficient (Wildman–Crippen LogP) is 5.44. The third-order valence-electron chi connectivity index (χ3n) is 6.57. The number of rotatable bonds is 11. The summed E-state index contributed by atoms with van der Waals surface area (Å²) in [5.41, 5.74) is 3.64. The molecule has 11 heteroatoms. The standard InChI is InChI=1S/C33H38N6O5/c1-33(2,3)44-32(42)36-16-10-9-15-35-31(41)26-14-13-21(19-37-26)23-17-24-27(18-28(23)43-5)38-20-25(30(40)34-4)29(24)39-22-11-7-6-8-12-22/h6-8,11-14,17-20H,9-10,15-16H2,1-5H3,(H,34,40)(H,35,41)(H,36,42)(H,38,39). The first kappa shape index (κ1) is 31.7. The third kappa shape index (κ3) is 8.21. The number of carbonyl (C=O) groups is 3. The van der Waals surface area contributed by atoms with Gasteiger partial charge in [-0.1, -0.05) is 24.3 Å². The zero-order valence-corrected chi connectivity index (χ0v) is 25.6. The van der Waals surface area contributed by atoms with Crippen molar-refractivity contribution in [1.29, 1.82) is 0 Å². The Labute approximate surface area is 256 Å². The lowest BCUT2D eigenvalue weighted by molar-refractivity contribution is 0.0526. The number of alkyl carbamates (subject to hydrolysis) is 1. The van der Waals surface area contributed by atoms with Crippen LogP contribution in [0.25, 0.3) is 22.0 Å². The van der Waals surface area contributed by atoms with Crippen molar-refractivity contribution in [2.75, 3.05) is 32.6 Å². The first-order valence-electron chi connectivity index (χ1n) is 14.4. The fraction of sp³-hybridized carbons (Fsp3) is 0.303. The summed E-state index contributed by atoms with van der Waals surface area (Å²) in [4.78, 5) is 46.1. The van der Waals surface area contributed by atoms with E-state index >= 15 is 0 Å². The first-order chi connectivity index (χ1) is 21.1. The highest BCUT2D eigenvalue weighted by atomic mass is 16.6. The molecule has 2 aromatic heterocycles. The Morgan fingerprint density at radius 1 is 0.864 bits per heavy atom. The molecule has 2 aromatic carbocycles. The van der Waals surface area contributed by atoms with Gasteiger partial charge in [-0.2, -0.15) is 0 Å². The summed E-state index contributed by atoms with van der Waals surface area (Å²) in [6, 6.07) is 16.7. The molecule has 0 aliphatic heterocycles. The summed E-state index contributed by atoms with van der Waals surface area (Å²) in [7, 11) is 3.15. The van der Waals surface area contributed by atoms with E-state index in [4.69, 9.17) is 9.47 Å². The number of aromatic nitrogens is 2. The van der Waals surface area contributed by atoms with E-state index in [9.17, 15) is 14.4 Å². The normalized spacial score (nSPS) is 11.0. The molecule has 3 amide bonds. The van der Waals surface area contributed by atoms with Gasteiger partial charge >= 0.3 is 6.09 Å². The van der Waals surface area contributed by atoms with E-state index in [0.29, 0.717) is 53.8 Å². The molecule has 4 N–H and O–H groups in total. The first-order valence-corrected chi connectivity index (χ1v) is 14.4. The predicted molar refractivity (Wildman–Crippen MR) is 170 cm³/mol. The quantitative estimate of drug-likeness (QED) is 0.167. The Hall–Kier alpha value is -5.19. The molecule has 230 valence electrons. The maximum Gasteiger partial charge on any atom is 0.407 e. The molecule has 0 saturated heterocycles. The number of pyridine rings is 2. The van der Waals surface area contributed by atoms with Crippen molar-refractivity contribution >= 4 is 40.2 Å². The summed E-state index contributed by atoms with van der Waals surface area (Å²) in [5.74, 6) is 0.00442. The number of hydrogen-bond donors (Lipinski definition) is 4. The van der Waals surface area contributed by atoms with Crippen molar-refractivity contribution in [3.05, 3.63) is 78.2 Å². The fourth-order valence-corrected chi connectivity index (χ4v) is 4.46. The molecule has 0 atom stereocenters. The monoisotopic (exact) mass is 598 g/mol. The van der Waals surface area contributed by atoms with Gasteiger partial charge in [-0.15, -0.1) is 0 Å². The van der Waals surface area contributed by atoms with Gasteiger partial charge < -0.3 is 30.7 Å². The molecule has 0 fully saturated rings. The summed E-state index contributed by atoms with van der Waals surface area (Å²) in [6.07, 6.45) is 4.06. The number of nitrogens with one attached hydrogen (secondary N) is 4. The molecule has 2 heterocycles. The fourth-order valence-electron chi connectivity index (χ4n) is 4.46. The number of unbranched alkanes of at least 4 members (excludes halogenated alkanes) is 1. The molecule has 0 unspecified atom stereocenters. The van der Waals surface area contributed by atoms with E-state index in [-0.39, 0.29) is 17.5 Å². The van der Waals surface area contributed by atoms with E-state index in [1.165, 1.54) is 6.20 Å². The number of fused-ring (bicyclic) bond motifs is 1. The highest BCUT2D eigenvalue weighted by Crippen LogP contribution is 2.38. The zero-order chi connectivity index (χ0) is 31.7. The Kier molecular flexibility index (Phi) is 10.3. The molecule has 11 nitrogen and oxygen atoms in total. The molecular formula is C33H38N6O5. The highest BCUT2D eigenvalue weighted by Gasteiger charge is 2.19. The van der Waals surface area contributed by atoms with Gasteiger partial charge in [0.2, 0.25) is 0 Å². The molecule has 0 aliphatic rings. The van der Waals surface area contributed by atoms with Crippen molar-refractivity contribution < 1.29 is 23.9 Å². The average Bonchev–Trinajstić information content (AvgIpc) is 3.01. The van der Waals surface area contributed by atoms with Crippen molar-refractivity contribution in [3.8, 4) is 16.9 Å². The van der Waals surface area contributed by atoms with Crippen LogP contribution in [0.4, 0.5) is 16.2 Å². The van der Waals surface area contributed by atoms with Gasteiger partial charge in [0.15, 0.2) is 0 Å². The number of para-hydroxylation sites is 1. The number of amides is 3. The Bertz CT molecular complexity index is 1620. The second-order valence-corrected chi connectivity index (χ2v) is 11.0. The average molecular weight is 599 g/mol. The third-order valence-corrected chi connectivity index (χ3v) is 6.57. The summed E-state index contributed by atoms with van der Waals surface area (Å²) in [6.45, 7) is 6.32. The lowest BCUT2D eigenvalue weighted by Crippen LogP contribution is -2.33. The van der Waals surface area contributed by atoms with Crippen LogP contribution < -0.4 is 26.0 Å². The number of methoxy groups -OCH3 is 1. The maximum atomic E-state index is 12.8. The highest BCUT2D eigenvalue weighted by molar-refractivity contribution is 6.09. The van der Waals surface area contributed by atoms with E-state index in [1.807, 2.05) is 63.2 Å². The summed E-state index contributed by atoms with van der Waals surface area (Å²) >= 11 is 0. The van der Waals surface area contributed by atoms with Crippen molar-refractivity contribution in [1.82, 2.24) is 25.9 Å². The van der Waals surface area contributed by atoms with Gasteiger partial charge in [-0.25, -0.2) is 4.79 Å². The van der Waals surface area contributed by atoms with Crippen LogP contribution in [0.5, 0.6) is 5.75 Å². The van der Waals surface area contributed by atoms with Crippen molar-refractivity contribution in [3.63, 3.8) is 0 Å². The number of nitrogens with zero attached hydrogens (tertiary/aromatic N) is 2. The minimum atomic E-state index is -0.546. The minimum absolute atomic E-state index is 0.272. The van der Waals surface area contributed by atoms with E-state index in [1.54, 1.807) is 32.5 Å². The van der Waals surface area contributed by atoms with Crippen LogP contribution >= 0.6 is 0 Å². The summed E-state index contributed by atoms with van der Waals surface area (Å²) < 4.78 is 10.9. The summed E-state index contributed by atoms with van der Waals surface area (Å²) in [5, 5.41) is 12.3. The molecular weight excluding hydrogens is 560 g/mol. The number of ether oxygens (including phenoxy) is 2. The van der Waals surface area contributed by atoms with Gasteiger partial charge in [-0.05, 0) is 57.9 Å². The van der Waals surface area contributed by atoms with Crippen LogP contribution in [0.3, 0.4) is 0 Å². The van der Waals surface area contributed by atoms with Gasteiger partial charge in [0, 0.05) is 60.8 Å². The van der Waals surface area contributed by atoms with Crippen LogP contribution in [0.15, 0.2) is 67.0 Å².